The first-order valence-electron chi connectivity index (χ1n) is 10.5. The lowest BCUT2D eigenvalue weighted by Gasteiger charge is -2.28. The fourth-order valence-corrected chi connectivity index (χ4v) is 3.59. The molecule has 3 rings (SSSR count). The van der Waals surface area contributed by atoms with Gasteiger partial charge < -0.3 is 14.6 Å². The van der Waals surface area contributed by atoms with Gasteiger partial charge in [-0.2, -0.15) is 0 Å². The maximum atomic E-state index is 13.3. The van der Waals surface area contributed by atoms with E-state index in [2.05, 4.69) is 11.9 Å². The number of hydrogen-bond donors (Lipinski definition) is 2. The van der Waals surface area contributed by atoms with Crippen LogP contribution in [0.2, 0.25) is 0 Å². The first-order valence-corrected chi connectivity index (χ1v) is 10.5. The van der Waals surface area contributed by atoms with Crippen LogP contribution in [0.4, 0.5) is 10.5 Å². The summed E-state index contributed by atoms with van der Waals surface area (Å²) in [6.07, 6.45) is 3.85. The lowest BCUT2D eigenvalue weighted by atomic mass is 10.0. The van der Waals surface area contributed by atoms with Crippen molar-refractivity contribution in [1.29, 1.82) is 0 Å². The molecule has 2 aromatic rings. The van der Waals surface area contributed by atoms with Crippen LogP contribution in [0.3, 0.4) is 0 Å². The second kappa shape index (κ2) is 10.5. The van der Waals surface area contributed by atoms with Crippen LogP contribution in [0.1, 0.15) is 23.6 Å². The molecule has 0 radical (unpaired) electrons. The van der Waals surface area contributed by atoms with Gasteiger partial charge in [-0.25, -0.2) is 14.5 Å². The number of aryl methyl sites for hydroxylation is 1. The molecule has 0 aliphatic carbocycles. The summed E-state index contributed by atoms with van der Waals surface area (Å²) in [5.74, 6) is -2.29. The van der Waals surface area contributed by atoms with Crippen molar-refractivity contribution >= 4 is 35.6 Å². The number of benzene rings is 2. The Balaban J connectivity index is 2.08. The van der Waals surface area contributed by atoms with Crippen LogP contribution in [-0.2, 0) is 27.2 Å². The minimum absolute atomic E-state index is 0.222. The minimum Gasteiger partial charge on any atom is -0.493 e. The van der Waals surface area contributed by atoms with Gasteiger partial charge in [-0.3, -0.25) is 14.9 Å². The molecule has 9 nitrogen and oxygen atoms in total. The molecule has 1 aliphatic rings. The van der Waals surface area contributed by atoms with Gasteiger partial charge in [0.1, 0.15) is 5.57 Å². The topological polar surface area (TPSA) is 122 Å². The van der Waals surface area contributed by atoms with E-state index in [1.54, 1.807) is 36.4 Å². The predicted molar refractivity (Wildman–Crippen MR) is 125 cm³/mol. The summed E-state index contributed by atoms with van der Waals surface area (Å²) in [5, 5.41) is 11.2. The van der Waals surface area contributed by atoms with Crippen molar-refractivity contribution in [1.82, 2.24) is 5.32 Å². The van der Waals surface area contributed by atoms with Gasteiger partial charge in [0, 0.05) is 5.56 Å². The summed E-state index contributed by atoms with van der Waals surface area (Å²) < 4.78 is 10.7. The van der Waals surface area contributed by atoms with Crippen LogP contribution in [0.25, 0.3) is 6.08 Å². The predicted octanol–water partition coefficient (Wildman–Crippen LogP) is 3.12. The number of carboxylic acids is 1. The Kier molecular flexibility index (Phi) is 7.47. The van der Waals surface area contributed by atoms with Crippen LogP contribution in [0.15, 0.2) is 54.6 Å². The maximum Gasteiger partial charge on any atom is 0.341 e. The average molecular weight is 464 g/mol. The van der Waals surface area contributed by atoms with Gasteiger partial charge in [0.05, 0.1) is 12.8 Å². The number of anilines is 1. The third-order valence-electron chi connectivity index (χ3n) is 5.10. The third-order valence-corrected chi connectivity index (χ3v) is 5.10. The Hall–Kier alpha value is -4.40. The van der Waals surface area contributed by atoms with Crippen molar-refractivity contribution in [3.63, 3.8) is 0 Å². The number of carboxylic acid groups (broad SMARTS) is 1. The molecule has 0 saturated carbocycles. The molecule has 9 heteroatoms. The van der Waals surface area contributed by atoms with Crippen LogP contribution < -0.4 is 19.7 Å². The van der Waals surface area contributed by atoms with E-state index in [9.17, 15) is 19.2 Å². The number of barbiturate groups is 1. The number of methoxy groups -OCH3 is 1. The number of imide groups is 2. The molecule has 176 valence electrons. The zero-order valence-electron chi connectivity index (χ0n) is 18.8. The summed E-state index contributed by atoms with van der Waals surface area (Å²) in [6.45, 7) is 5.02. The van der Waals surface area contributed by atoms with Crippen LogP contribution in [0, 0.1) is 0 Å². The molecule has 0 unspecified atom stereocenters. The monoisotopic (exact) mass is 464 g/mol. The Bertz CT molecular complexity index is 1200. The summed E-state index contributed by atoms with van der Waals surface area (Å²) in [5.41, 5.74) is 1.91. The second-order valence-electron chi connectivity index (χ2n) is 7.33. The standard InChI is InChI=1S/C25H24N2O7/c1-4-8-17-11-15(13-20(33-3)22(17)34-14-21(28)29)12-18-23(30)26-25(32)27(24(18)31)19-10-7-6-9-16(19)5-2/h4,6-7,9-13H,1,5,8,14H2,2-3H3,(H,28,29)(H,26,30,32). The van der Waals surface area contributed by atoms with Crippen molar-refractivity contribution < 1.29 is 33.8 Å². The number of amides is 4. The van der Waals surface area contributed by atoms with Crippen molar-refractivity contribution in [2.24, 2.45) is 0 Å². The molecule has 1 fully saturated rings. The first kappa shape index (κ1) is 24.2. The highest BCUT2D eigenvalue weighted by Gasteiger charge is 2.37. The van der Waals surface area contributed by atoms with Crippen molar-refractivity contribution in [2.45, 2.75) is 19.8 Å². The normalized spacial score (nSPS) is 14.7. The number of carbonyl (C=O) groups is 4. The molecule has 34 heavy (non-hydrogen) atoms. The molecule has 0 aromatic heterocycles. The Morgan fingerprint density at radius 1 is 1.18 bits per heavy atom. The van der Waals surface area contributed by atoms with Crippen molar-refractivity contribution in [3.8, 4) is 11.5 Å². The summed E-state index contributed by atoms with van der Waals surface area (Å²) >= 11 is 0. The van der Waals surface area contributed by atoms with Gasteiger partial charge >= 0.3 is 12.0 Å². The highest BCUT2D eigenvalue weighted by atomic mass is 16.5. The van der Waals surface area contributed by atoms with Gasteiger partial charge in [-0.05, 0) is 48.2 Å². The lowest BCUT2D eigenvalue weighted by Crippen LogP contribution is -2.54. The fraction of sp³-hybridized carbons (Fsp3) is 0.200. The van der Waals surface area contributed by atoms with Crippen molar-refractivity contribution in [3.05, 3.63) is 71.3 Å². The zero-order valence-corrected chi connectivity index (χ0v) is 18.8. The third kappa shape index (κ3) is 4.98. The number of aliphatic carboxylic acids is 1. The van der Waals surface area contributed by atoms with Gasteiger partial charge in [-0.1, -0.05) is 31.2 Å². The number of urea groups is 1. The van der Waals surface area contributed by atoms with E-state index in [4.69, 9.17) is 14.6 Å². The van der Waals surface area contributed by atoms with E-state index >= 15 is 0 Å². The number of nitrogens with one attached hydrogen (secondary N) is 1. The first-order chi connectivity index (χ1) is 16.3. The number of hydrogen-bond acceptors (Lipinski definition) is 6. The summed E-state index contributed by atoms with van der Waals surface area (Å²) in [4.78, 5) is 50.3. The van der Waals surface area contributed by atoms with Gasteiger partial charge in [0.15, 0.2) is 18.1 Å². The lowest BCUT2D eigenvalue weighted by molar-refractivity contribution is -0.139. The molecule has 0 bridgehead atoms. The number of allylic oxidation sites excluding steroid dienone is 1. The quantitative estimate of drug-likeness (QED) is 0.332. The summed E-state index contributed by atoms with van der Waals surface area (Å²) in [6, 6.07) is 9.28. The van der Waals surface area contributed by atoms with E-state index in [0.29, 0.717) is 29.7 Å². The smallest absolute Gasteiger partial charge is 0.341 e. The van der Waals surface area contributed by atoms with Crippen molar-refractivity contribution in [2.75, 3.05) is 18.6 Å². The number of rotatable bonds is 9. The van der Waals surface area contributed by atoms with Crippen LogP contribution in [-0.4, -0.2) is 42.6 Å². The molecule has 2 N–H and O–H groups in total. The second-order valence-corrected chi connectivity index (χ2v) is 7.33. The van der Waals surface area contributed by atoms with E-state index in [-0.39, 0.29) is 17.1 Å². The minimum atomic E-state index is -1.15. The van der Waals surface area contributed by atoms with Crippen LogP contribution in [0.5, 0.6) is 11.5 Å². The average Bonchev–Trinajstić information content (AvgIpc) is 2.81. The molecular weight excluding hydrogens is 440 g/mol. The van der Waals surface area contributed by atoms with E-state index in [0.717, 1.165) is 10.5 Å². The Morgan fingerprint density at radius 2 is 1.91 bits per heavy atom. The fourth-order valence-electron chi connectivity index (χ4n) is 3.59. The van der Waals surface area contributed by atoms with E-state index in [1.165, 1.54) is 19.3 Å². The molecule has 2 aromatic carbocycles. The van der Waals surface area contributed by atoms with Gasteiger partial charge in [0.25, 0.3) is 11.8 Å². The number of para-hydroxylation sites is 1. The molecule has 1 saturated heterocycles. The molecule has 1 aliphatic heterocycles. The molecule has 1 heterocycles. The molecule has 0 atom stereocenters. The highest BCUT2D eigenvalue weighted by Crippen LogP contribution is 2.35. The van der Waals surface area contributed by atoms with Gasteiger partial charge in [-0.15, -0.1) is 6.58 Å². The number of carbonyl (C=O) groups excluding carboxylic acids is 3. The number of ether oxygens (including phenoxy) is 2. The SMILES string of the molecule is C=CCc1cc(C=C2C(=O)NC(=O)N(c3ccccc3CC)C2=O)cc(OC)c1OCC(=O)O. The van der Waals surface area contributed by atoms with Crippen LogP contribution >= 0.6 is 0 Å². The Morgan fingerprint density at radius 3 is 2.56 bits per heavy atom. The zero-order chi connectivity index (χ0) is 24.8. The number of nitrogens with zero attached hydrogens (tertiary/aromatic N) is 1. The highest BCUT2D eigenvalue weighted by molar-refractivity contribution is 6.39. The molecule has 4 amide bonds. The summed E-state index contributed by atoms with van der Waals surface area (Å²) in [7, 11) is 1.39. The molecular formula is C25H24N2O7. The largest absolute Gasteiger partial charge is 0.493 e. The van der Waals surface area contributed by atoms with Gasteiger partial charge in [0.2, 0.25) is 0 Å². The van der Waals surface area contributed by atoms with E-state index in [1.807, 2.05) is 6.92 Å². The Labute approximate surface area is 196 Å². The maximum absolute atomic E-state index is 13.3. The molecule has 0 spiro atoms. The van der Waals surface area contributed by atoms with E-state index < -0.39 is 30.4 Å².